The second-order valence-corrected chi connectivity index (χ2v) is 7.33. The molecule has 0 spiro atoms. The monoisotopic (exact) mass is 407 g/mol. The molecule has 1 N–H and O–H groups in total. The number of hydrogen-bond donors (Lipinski definition) is 1. The van der Waals surface area contributed by atoms with Crippen LogP contribution in [0.1, 0.15) is 18.1 Å². The lowest BCUT2D eigenvalue weighted by Gasteiger charge is -2.28. The lowest BCUT2D eigenvalue weighted by molar-refractivity contribution is -0.154. The number of ether oxygens (including phenoxy) is 1. The molecule has 0 bridgehead atoms. The zero-order valence-electron chi connectivity index (χ0n) is 15.8. The number of benzene rings is 3. The van der Waals surface area contributed by atoms with E-state index in [1.165, 1.54) is 11.7 Å². The molecule has 6 nitrogen and oxygen atoms in total. The third-order valence-electron chi connectivity index (χ3n) is 4.73. The number of nitrogens with zero attached hydrogens (tertiary/aromatic N) is 3. The predicted molar refractivity (Wildman–Crippen MR) is 111 cm³/mol. The van der Waals surface area contributed by atoms with Gasteiger partial charge in [-0.15, -0.1) is 15.0 Å². The number of hydrogen-bond acceptors (Lipinski definition) is 4. The number of rotatable bonds is 5. The van der Waals surface area contributed by atoms with Crippen molar-refractivity contribution in [2.24, 2.45) is 0 Å². The quantitative estimate of drug-likeness (QED) is 0.516. The molecule has 0 saturated carbocycles. The third-order valence-corrected chi connectivity index (χ3v) is 4.99. The number of aryl methyl sites for hydroxylation is 1. The fraction of sp³-hybridized carbons (Fsp3) is 0.136. The van der Waals surface area contributed by atoms with Gasteiger partial charge in [-0.3, -0.25) is 0 Å². The molecule has 1 aromatic heterocycles. The highest BCUT2D eigenvalue weighted by Gasteiger charge is 2.38. The maximum Gasteiger partial charge on any atom is 0.352 e. The van der Waals surface area contributed by atoms with E-state index in [2.05, 4.69) is 10.2 Å². The van der Waals surface area contributed by atoms with Crippen LogP contribution >= 0.6 is 11.6 Å². The summed E-state index contributed by atoms with van der Waals surface area (Å²) in [5, 5.41) is 19.5. The lowest BCUT2D eigenvalue weighted by atomic mass is 9.95. The first-order chi connectivity index (χ1) is 13.9. The summed E-state index contributed by atoms with van der Waals surface area (Å²) in [6.45, 7) is 3.45. The van der Waals surface area contributed by atoms with Crippen LogP contribution in [0.4, 0.5) is 0 Å². The summed E-state index contributed by atoms with van der Waals surface area (Å²) in [7, 11) is 0. The van der Waals surface area contributed by atoms with Crippen molar-refractivity contribution in [2.75, 3.05) is 0 Å². The van der Waals surface area contributed by atoms with Crippen LogP contribution < -0.4 is 4.74 Å². The van der Waals surface area contributed by atoms with Gasteiger partial charge in [0.15, 0.2) is 0 Å². The molecular formula is C22H18ClN3O3. The lowest BCUT2D eigenvalue weighted by Crippen LogP contribution is -2.38. The van der Waals surface area contributed by atoms with Gasteiger partial charge in [0.25, 0.3) is 0 Å². The first kappa shape index (κ1) is 19.0. The minimum Gasteiger partial charge on any atom is -0.478 e. The number of halogens is 1. The van der Waals surface area contributed by atoms with Crippen molar-refractivity contribution in [1.82, 2.24) is 15.0 Å². The summed E-state index contributed by atoms with van der Waals surface area (Å²) in [5.74, 6) is -0.763. The molecule has 4 rings (SSSR count). The van der Waals surface area contributed by atoms with Gasteiger partial charge in [0.05, 0.1) is 0 Å². The molecule has 4 aromatic rings. The first-order valence-electron chi connectivity index (χ1n) is 8.98. The van der Waals surface area contributed by atoms with Gasteiger partial charge in [0, 0.05) is 10.6 Å². The number of aliphatic carboxylic acids is 1. The van der Waals surface area contributed by atoms with E-state index in [1.54, 1.807) is 30.3 Å². The average Bonchev–Trinajstić information content (AvgIpc) is 3.13. The van der Waals surface area contributed by atoms with Gasteiger partial charge in [0.1, 0.15) is 22.5 Å². The number of carboxylic acids is 1. The summed E-state index contributed by atoms with van der Waals surface area (Å²) in [5.41, 5.74) is 1.85. The molecule has 7 heteroatoms. The van der Waals surface area contributed by atoms with E-state index in [4.69, 9.17) is 16.3 Å². The summed E-state index contributed by atoms with van der Waals surface area (Å²) < 4.78 is 6.08. The van der Waals surface area contributed by atoms with Crippen molar-refractivity contribution in [1.29, 1.82) is 0 Å². The van der Waals surface area contributed by atoms with E-state index in [0.29, 0.717) is 22.0 Å². The smallest absolute Gasteiger partial charge is 0.352 e. The van der Waals surface area contributed by atoms with Crippen LogP contribution in [0, 0.1) is 6.92 Å². The van der Waals surface area contributed by atoms with Gasteiger partial charge in [-0.25, -0.2) is 4.79 Å². The Morgan fingerprint density at radius 3 is 2.24 bits per heavy atom. The SMILES string of the molecule is Cc1ccc(OC(C)(C(=O)O)c2ccc(Cl)cc2)c(-n2nc3ccccc3n2)c1. The zero-order chi connectivity index (χ0) is 20.6. The van der Waals surface area contributed by atoms with Crippen molar-refractivity contribution >= 4 is 28.6 Å². The summed E-state index contributed by atoms with van der Waals surface area (Å²) in [6.07, 6.45) is 0. The molecule has 0 saturated heterocycles. The fourth-order valence-electron chi connectivity index (χ4n) is 3.05. The maximum absolute atomic E-state index is 12.2. The van der Waals surface area contributed by atoms with Gasteiger partial charge in [-0.2, -0.15) is 0 Å². The van der Waals surface area contributed by atoms with Crippen molar-refractivity contribution in [3.05, 3.63) is 82.9 Å². The van der Waals surface area contributed by atoms with E-state index < -0.39 is 11.6 Å². The molecule has 0 aliphatic rings. The fourth-order valence-corrected chi connectivity index (χ4v) is 3.18. The topological polar surface area (TPSA) is 77.2 Å². The molecule has 3 aromatic carbocycles. The highest BCUT2D eigenvalue weighted by molar-refractivity contribution is 6.30. The molecule has 146 valence electrons. The van der Waals surface area contributed by atoms with Crippen LogP contribution in [0.3, 0.4) is 0 Å². The van der Waals surface area contributed by atoms with Gasteiger partial charge >= 0.3 is 5.97 Å². The normalized spacial score (nSPS) is 13.2. The van der Waals surface area contributed by atoms with Gasteiger partial charge in [-0.1, -0.05) is 41.9 Å². The second kappa shape index (κ2) is 7.22. The van der Waals surface area contributed by atoms with Crippen LogP contribution in [0.25, 0.3) is 16.7 Å². The maximum atomic E-state index is 12.2. The van der Waals surface area contributed by atoms with E-state index in [0.717, 1.165) is 16.6 Å². The predicted octanol–water partition coefficient (Wildman–Crippen LogP) is 4.76. The van der Waals surface area contributed by atoms with Crippen molar-refractivity contribution in [3.8, 4) is 11.4 Å². The Balaban J connectivity index is 1.82. The Labute approximate surface area is 172 Å². The Morgan fingerprint density at radius 1 is 1.03 bits per heavy atom. The second-order valence-electron chi connectivity index (χ2n) is 6.90. The van der Waals surface area contributed by atoms with Gasteiger partial charge in [-0.05, 0) is 55.8 Å². The highest BCUT2D eigenvalue weighted by atomic mass is 35.5. The van der Waals surface area contributed by atoms with Gasteiger partial charge < -0.3 is 9.84 Å². The molecule has 0 aliphatic heterocycles. The Hall–Kier alpha value is -3.38. The number of carbonyl (C=O) groups is 1. The van der Waals surface area contributed by atoms with Crippen LogP contribution in [0.15, 0.2) is 66.7 Å². The van der Waals surface area contributed by atoms with E-state index >= 15 is 0 Å². The molecule has 0 aliphatic carbocycles. The van der Waals surface area contributed by atoms with Crippen molar-refractivity contribution in [2.45, 2.75) is 19.4 Å². The number of aromatic nitrogens is 3. The molecule has 1 atom stereocenters. The third kappa shape index (κ3) is 3.54. The summed E-state index contributed by atoms with van der Waals surface area (Å²) in [4.78, 5) is 13.6. The van der Waals surface area contributed by atoms with E-state index in [1.807, 2.05) is 43.3 Å². The van der Waals surface area contributed by atoms with Crippen molar-refractivity contribution in [3.63, 3.8) is 0 Å². The Morgan fingerprint density at radius 2 is 1.66 bits per heavy atom. The molecular weight excluding hydrogens is 390 g/mol. The molecule has 0 amide bonds. The summed E-state index contributed by atoms with van der Waals surface area (Å²) >= 11 is 5.95. The van der Waals surface area contributed by atoms with E-state index in [9.17, 15) is 9.90 Å². The minimum atomic E-state index is -1.62. The Kier molecular flexibility index (Phi) is 4.72. The Bertz CT molecular complexity index is 1170. The molecule has 29 heavy (non-hydrogen) atoms. The van der Waals surface area contributed by atoms with Crippen LogP contribution in [0.5, 0.6) is 5.75 Å². The highest BCUT2D eigenvalue weighted by Crippen LogP contribution is 2.33. The first-order valence-corrected chi connectivity index (χ1v) is 9.36. The largest absolute Gasteiger partial charge is 0.478 e. The molecule has 1 heterocycles. The van der Waals surface area contributed by atoms with E-state index in [-0.39, 0.29) is 0 Å². The number of carboxylic acid groups (broad SMARTS) is 1. The average molecular weight is 408 g/mol. The van der Waals surface area contributed by atoms with Crippen LogP contribution in [-0.2, 0) is 10.4 Å². The molecule has 0 fully saturated rings. The van der Waals surface area contributed by atoms with Crippen LogP contribution in [-0.4, -0.2) is 26.1 Å². The summed E-state index contributed by atoms with van der Waals surface area (Å²) in [6, 6.07) is 19.5. The standard InChI is InChI=1S/C22H18ClN3O3/c1-14-7-12-20(19(13-14)26-24-17-5-3-4-6-18(17)25-26)29-22(2,21(27)28)15-8-10-16(23)11-9-15/h3-13H,1-2H3,(H,27,28). The van der Waals surface area contributed by atoms with Gasteiger partial charge in [0.2, 0.25) is 5.60 Å². The van der Waals surface area contributed by atoms with Crippen molar-refractivity contribution < 1.29 is 14.6 Å². The van der Waals surface area contributed by atoms with Crippen LogP contribution in [0.2, 0.25) is 5.02 Å². The molecule has 1 unspecified atom stereocenters. The number of fused-ring (bicyclic) bond motifs is 1. The zero-order valence-corrected chi connectivity index (χ0v) is 16.6. The molecule has 0 radical (unpaired) electrons. The minimum absolute atomic E-state index is 0.357.